The first-order valence-electron chi connectivity index (χ1n) is 10.3. The van der Waals surface area contributed by atoms with Crippen LogP contribution in [0.15, 0.2) is 24.4 Å². The fraction of sp³-hybridized carbons (Fsp3) is 0.500. The standard InChI is InChI=1S/C22H28N4O3/c1-4-28-19-7-6-15(8-14(19)3)10-23-20-18(21(27)29-5-2)11-24-22(25-20)26-12-16-9-17(16)13-26/h6-8,11,16-17H,4-5,9-10,12-13H2,1-3H3,(H,23,24,25). The number of hydrogen-bond acceptors (Lipinski definition) is 7. The number of carbonyl (C=O) groups excluding carboxylic acids is 1. The second-order valence-corrected chi connectivity index (χ2v) is 7.70. The molecule has 2 aliphatic rings. The first kappa shape index (κ1) is 19.5. The molecule has 0 bridgehead atoms. The normalized spacial score (nSPS) is 19.6. The molecular weight excluding hydrogens is 368 g/mol. The van der Waals surface area contributed by atoms with Crippen LogP contribution in [0, 0.1) is 18.8 Å². The molecule has 1 saturated carbocycles. The molecule has 1 aliphatic heterocycles. The Morgan fingerprint density at radius 2 is 2.03 bits per heavy atom. The number of aryl methyl sites for hydroxylation is 1. The lowest BCUT2D eigenvalue weighted by atomic mass is 10.1. The maximum absolute atomic E-state index is 12.4. The van der Waals surface area contributed by atoms with Gasteiger partial charge in [0.05, 0.1) is 13.2 Å². The molecule has 2 fully saturated rings. The van der Waals surface area contributed by atoms with E-state index in [-0.39, 0.29) is 0 Å². The third kappa shape index (κ3) is 4.28. The van der Waals surface area contributed by atoms with Gasteiger partial charge in [-0.05, 0) is 56.2 Å². The van der Waals surface area contributed by atoms with E-state index in [0.717, 1.165) is 41.8 Å². The average molecular weight is 396 g/mol. The SMILES string of the molecule is CCOC(=O)c1cnc(N2CC3CC3C2)nc1NCc1ccc(OCC)c(C)c1. The number of fused-ring (bicyclic) bond motifs is 1. The van der Waals surface area contributed by atoms with Crippen LogP contribution in [-0.4, -0.2) is 42.2 Å². The molecular formula is C22H28N4O3. The highest BCUT2D eigenvalue weighted by Gasteiger charge is 2.45. The monoisotopic (exact) mass is 396 g/mol. The van der Waals surface area contributed by atoms with Crippen LogP contribution in [0.1, 0.15) is 41.8 Å². The summed E-state index contributed by atoms with van der Waals surface area (Å²) in [7, 11) is 0. The quantitative estimate of drug-likeness (QED) is 0.685. The van der Waals surface area contributed by atoms with Crippen molar-refractivity contribution in [1.29, 1.82) is 0 Å². The maximum Gasteiger partial charge on any atom is 0.343 e. The molecule has 2 unspecified atom stereocenters. The Bertz CT molecular complexity index is 892. The second kappa shape index (κ2) is 8.27. The van der Waals surface area contributed by atoms with E-state index < -0.39 is 5.97 Å². The smallest absolute Gasteiger partial charge is 0.343 e. The van der Waals surface area contributed by atoms with Crippen LogP contribution >= 0.6 is 0 Å². The summed E-state index contributed by atoms with van der Waals surface area (Å²) in [5.41, 5.74) is 2.53. The van der Waals surface area contributed by atoms with E-state index in [1.807, 2.05) is 26.0 Å². The topological polar surface area (TPSA) is 76.6 Å². The minimum absolute atomic E-state index is 0.313. The molecule has 7 heteroatoms. The molecule has 1 N–H and O–H groups in total. The molecule has 1 aromatic carbocycles. The number of piperidine rings is 1. The lowest BCUT2D eigenvalue weighted by molar-refractivity contribution is 0.0526. The third-order valence-corrected chi connectivity index (χ3v) is 5.53. The number of esters is 1. The maximum atomic E-state index is 12.4. The summed E-state index contributed by atoms with van der Waals surface area (Å²) in [4.78, 5) is 23.7. The number of nitrogens with zero attached hydrogens (tertiary/aromatic N) is 3. The number of carbonyl (C=O) groups is 1. The van der Waals surface area contributed by atoms with Gasteiger partial charge in [0.25, 0.3) is 0 Å². The van der Waals surface area contributed by atoms with Gasteiger partial charge >= 0.3 is 5.97 Å². The molecule has 4 rings (SSSR count). The molecule has 29 heavy (non-hydrogen) atoms. The number of ether oxygens (including phenoxy) is 2. The Hall–Kier alpha value is -2.83. The van der Waals surface area contributed by atoms with E-state index in [2.05, 4.69) is 26.3 Å². The van der Waals surface area contributed by atoms with Crippen LogP contribution < -0.4 is 15.0 Å². The first-order chi connectivity index (χ1) is 14.1. The van der Waals surface area contributed by atoms with Crippen molar-refractivity contribution in [3.63, 3.8) is 0 Å². The van der Waals surface area contributed by atoms with Gasteiger partial charge < -0.3 is 19.7 Å². The lowest BCUT2D eigenvalue weighted by Crippen LogP contribution is -2.25. The molecule has 1 aliphatic carbocycles. The molecule has 1 saturated heterocycles. The molecule has 0 radical (unpaired) electrons. The number of anilines is 2. The van der Waals surface area contributed by atoms with E-state index in [9.17, 15) is 4.79 Å². The Morgan fingerprint density at radius 3 is 2.72 bits per heavy atom. The summed E-state index contributed by atoms with van der Waals surface area (Å²) in [5.74, 6) is 3.24. The Balaban J connectivity index is 1.53. The summed E-state index contributed by atoms with van der Waals surface area (Å²) < 4.78 is 10.8. The van der Waals surface area contributed by atoms with Crippen molar-refractivity contribution >= 4 is 17.7 Å². The number of rotatable bonds is 8. The molecule has 0 spiro atoms. The fourth-order valence-corrected chi connectivity index (χ4v) is 3.90. The summed E-state index contributed by atoms with van der Waals surface area (Å²) >= 11 is 0. The van der Waals surface area contributed by atoms with Crippen molar-refractivity contribution in [3.05, 3.63) is 41.1 Å². The highest BCUT2D eigenvalue weighted by atomic mass is 16.5. The van der Waals surface area contributed by atoms with Gasteiger partial charge in [-0.25, -0.2) is 9.78 Å². The molecule has 2 aromatic rings. The molecule has 7 nitrogen and oxygen atoms in total. The van der Waals surface area contributed by atoms with E-state index in [4.69, 9.17) is 9.47 Å². The molecule has 154 valence electrons. The van der Waals surface area contributed by atoms with E-state index in [1.165, 1.54) is 6.42 Å². The van der Waals surface area contributed by atoms with Gasteiger partial charge in [0.1, 0.15) is 17.1 Å². The van der Waals surface area contributed by atoms with Crippen LogP contribution in [0.5, 0.6) is 5.75 Å². The zero-order chi connectivity index (χ0) is 20.4. The van der Waals surface area contributed by atoms with Crippen LogP contribution in [0.3, 0.4) is 0 Å². The van der Waals surface area contributed by atoms with E-state index in [0.29, 0.717) is 37.1 Å². The summed E-state index contributed by atoms with van der Waals surface area (Å²) in [5, 5.41) is 3.31. The number of aromatic nitrogens is 2. The predicted octanol–water partition coefficient (Wildman–Crippen LogP) is 3.43. The van der Waals surface area contributed by atoms with Gasteiger partial charge in [-0.2, -0.15) is 4.98 Å². The zero-order valence-corrected chi connectivity index (χ0v) is 17.3. The summed E-state index contributed by atoms with van der Waals surface area (Å²) in [6.07, 6.45) is 2.90. The zero-order valence-electron chi connectivity index (χ0n) is 17.3. The minimum Gasteiger partial charge on any atom is -0.494 e. The van der Waals surface area contributed by atoms with Gasteiger partial charge in [0.15, 0.2) is 0 Å². The summed E-state index contributed by atoms with van der Waals surface area (Å²) in [6.45, 7) is 9.29. The largest absolute Gasteiger partial charge is 0.494 e. The predicted molar refractivity (Wildman–Crippen MR) is 111 cm³/mol. The van der Waals surface area contributed by atoms with E-state index >= 15 is 0 Å². The minimum atomic E-state index is -0.409. The van der Waals surface area contributed by atoms with Gasteiger partial charge in [-0.1, -0.05) is 12.1 Å². The van der Waals surface area contributed by atoms with Crippen LogP contribution in [0.2, 0.25) is 0 Å². The van der Waals surface area contributed by atoms with Crippen molar-refractivity contribution in [3.8, 4) is 5.75 Å². The second-order valence-electron chi connectivity index (χ2n) is 7.70. The Morgan fingerprint density at radius 1 is 1.24 bits per heavy atom. The van der Waals surface area contributed by atoms with Gasteiger partial charge in [0, 0.05) is 25.8 Å². The van der Waals surface area contributed by atoms with E-state index in [1.54, 1.807) is 13.1 Å². The van der Waals surface area contributed by atoms with Crippen molar-refractivity contribution in [2.24, 2.45) is 11.8 Å². The van der Waals surface area contributed by atoms with Crippen molar-refractivity contribution in [1.82, 2.24) is 9.97 Å². The fourth-order valence-electron chi connectivity index (χ4n) is 3.90. The Kier molecular flexibility index (Phi) is 5.56. The molecule has 2 atom stereocenters. The first-order valence-corrected chi connectivity index (χ1v) is 10.3. The number of benzene rings is 1. The van der Waals surface area contributed by atoms with Gasteiger partial charge in [-0.3, -0.25) is 0 Å². The Labute approximate surface area is 171 Å². The molecule has 0 amide bonds. The highest BCUT2D eigenvalue weighted by molar-refractivity contribution is 5.94. The highest BCUT2D eigenvalue weighted by Crippen LogP contribution is 2.45. The van der Waals surface area contributed by atoms with Gasteiger partial charge in [-0.15, -0.1) is 0 Å². The number of hydrogen-bond donors (Lipinski definition) is 1. The van der Waals surface area contributed by atoms with Crippen LogP contribution in [0.4, 0.5) is 11.8 Å². The van der Waals surface area contributed by atoms with Crippen LogP contribution in [-0.2, 0) is 11.3 Å². The van der Waals surface area contributed by atoms with Gasteiger partial charge in [0.2, 0.25) is 5.95 Å². The molecule has 2 heterocycles. The number of nitrogens with one attached hydrogen (secondary N) is 1. The van der Waals surface area contributed by atoms with Crippen molar-refractivity contribution in [2.45, 2.75) is 33.7 Å². The van der Waals surface area contributed by atoms with Crippen molar-refractivity contribution in [2.75, 3.05) is 36.5 Å². The molecule has 1 aromatic heterocycles. The summed E-state index contributed by atoms with van der Waals surface area (Å²) in [6, 6.07) is 6.08. The lowest BCUT2D eigenvalue weighted by Gasteiger charge is -2.19. The van der Waals surface area contributed by atoms with Crippen molar-refractivity contribution < 1.29 is 14.3 Å². The third-order valence-electron chi connectivity index (χ3n) is 5.53. The average Bonchev–Trinajstić information content (AvgIpc) is 3.33. The van der Waals surface area contributed by atoms with Crippen LogP contribution in [0.25, 0.3) is 0 Å².